The first-order chi connectivity index (χ1) is 8.52. The number of amides is 1. The van der Waals surface area contributed by atoms with Gasteiger partial charge in [0.15, 0.2) is 0 Å². The first-order valence-corrected chi connectivity index (χ1v) is 6.44. The second kappa shape index (κ2) is 7.11. The molecule has 4 heteroatoms. The summed E-state index contributed by atoms with van der Waals surface area (Å²) in [6, 6.07) is 3.78. The number of carbonyl (C=O) groups excluding carboxylic acids is 1. The largest absolute Gasteiger partial charge is 0.330 e. The van der Waals surface area contributed by atoms with Gasteiger partial charge in [0, 0.05) is 12.6 Å². The van der Waals surface area contributed by atoms with Gasteiger partial charge < -0.3 is 11.1 Å². The summed E-state index contributed by atoms with van der Waals surface area (Å²) in [5.41, 5.74) is 6.67. The smallest absolute Gasteiger partial charge is 0.225 e. The van der Waals surface area contributed by atoms with Gasteiger partial charge in [-0.1, -0.05) is 19.9 Å². The molecule has 0 saturated heterocycles. The van der Waals surface area contributed by atoms with E-state index in [1.54, 1.807) is 6.20 Å². The monoisotopic (exact) mass is 249 g/mol. The fraction of sp³-hybridized carbons (Fsp3) is 0.571. The Kier molecular flexibility index (Phi) is 5.78. The molecule has 0 bridgehead atoms. The predicted molar refractivity (Wildman–Crippen MR) is 74.2 cm³/mol. The summed E-state index contributed by atoms with van der Waals surface area (Å²) < 4.78 is 0. The number of aromatic nitrogens is 1. The molecule has 1 atom stereocenters. The van der Waals surface area contributed by atoms with Gasteiger partial charge in [0.05, 0.1) is 0 Å². The zero-order valence-electron chi connectivity index (χ0n) is 11.4. The number of nitrogens with two attached hydrogens (primary N) is 1. The van der Waals surface area contributed by atoms with E-state index >= 15 is 0 Å². The highest BCUT2D eigenvalue weighted by Crippen LogP contribution is 2.16. The van der Waals surface area contributed by atoms with Crippen molar-refractivity contribution in [3.63, 3.8) is 0 Å². The minimum absolute atomic E-state index is 0.00657. The second-order valence-corrected chi connectivity index (χ2v) is 5.15. The highest BCUT2D eigenvalue weighted by atomic mass is 16.1. The molecule has 3 N–H and O–H groups in total. The van der Waals surface area contributed by atoms with Crippen LogP contribution in [-0.4, -0.2) is 17.4 Å². The lowest BCUT2D eigenvalue weighted by atomic mass is 9.94. The molecule has 100 valence electrons. The van der Waals surface area contributed by atoms with Gasteiger partial charge in [0.25, 0.3) is 0 Å². The number of aryl methyl sites for hydroxylation is 1. The molecule has 0 aliphatic carbocycles. The van der Waals surface area contributed by atoms with Gasteiger partial charge in [-0.25, -0.2) is 4.98 Å². The lowest BCUT2D eigenvalue weighted by molar-refractivity contribution is -0.117. The molecule has 0 aromatic carbocycles. The third kappa shape index (κ3) is 4.84. The maximum Gasteiger partial charge on any atom is 0.225 e. The number of rotatable bonds is 6. The summed E-state index contributed by atoms with van der Waals surface area (Å²) in [5.74, 6) is 1.44. The lowest BCUT2D eigenvalue weighted by Crippen LogP contribution is -2.24. The molecule has 0 spiro atoms. The van der Waals surface area contributed by atoms with Crippen molar-refractivity contribution in [3.8, 4) is 0 Å². The Morgan fingerprint density at radius 3 is 2.78 bits per heavy atom. The summed E-state index contributed by atoms with van der Waals surface area (Å²) in [7, 11) is 0. The van der Waals surface area contributed by atoms with Gasteiger partial charge in [-0.3, -0.25) is 4.79 Å². The van der Waals surface area contributed by atoms with Crippen molar-refractivity contribution in [1.29, 1.82) is 0 Å². The molecule has 0 radical (unpaired) electrons. The van der Waals surface area contributed by atoms with Crippen molar-refractivity contribution in [2.24, 2.45) is 17.6 Å². The SMILES string of the molecule is Cc1cccnc1NC(=O)C[C@@H](CN)CC(C)C. The third-order valence-electron chi connectivity index (χ3n) is 2.88. The lowest BCUT2D eigenvalue weighted by Gasteiger charge is -2.16. The molecular weight excluding hydrogens is 226 g/mol. The molecule has 1 aromatic rings. The minimum atomic E-state index is -0.00657. The molecule has 1 aromatic heterocycles. The van der Waals surface area contributed by atoms with E-state index in [1.807, 2.05) is 19.1 Å². The number of carbonyl (C=O) groups is 1. The van der Waals surface area contributed by atoms with Crippen LogP contribution in [0, 0.1) is 18.8 Å². The van der Waals surface area contributed by atoms with E-state index in [0.717, 1.165) is 12.0 Å². The van der Waals surface area contributed by atoms with E-state index in [4.69, 9.17) is 5.73 Å². The average molecular weight is 249 g/mol. The van der Waals surface area contributed by atoms with Crippen molar-refractivity contribution in [1.82, 2.24) is 4.98 Å². The summed E-state index contributed by atoms with van der Waals surface area (Å²) in [4.78, 5) is 16.1. The number of hydrogen-bond donors (Lipinski definition) is 2. The zero-order valence-corrected chi connectivity index (χ0v) is 11.4. The Hall–Kier alpha value is -1.42. The fourth-order valence-corrected chi connectivity index (χ4v) is 1.99. The van der Waals surface area contributed by atoms with Crippen LogP contribution in [0.15, 0.2) is 18.3 Å². The summed E-state index contributed by atoms with van der Waals surface area (Å²) in [6.45, 7) is 6.76. The number of pyridine rings is 1. The molecule has 18 heavy (non-hydrogen) atoms. The van der Waals surface area contributed by atoms with Crippen molar-refractivity contribution in [2.45, 2.75) is 33.6 Å². The van der Waals surface area contributed by atoms with Gasteiger partial charge >= 0.3 is 0 Å². The summed E-state index contributed by atoms with van der Waals surface area (Å²) in [5, 5.41) is 2.84. The van der Waals surface area contributed by atoms with Crippen molar-refractivity contribution in [2.75, 3.05) is 11.9 Å². The molecule has 1 heterocycles. The Balaban J connectivity index is 2.53. The van der Waals surface area contributed by atoms with Crippen LogP contribution in [0.5, 0.6) is 0 Å². The Bertz CT molecular complexity index is 390. The van der Waals surface area contributed by atoms with Crippen LogP contribution in [0.3, 0.4) is 0 Å². The number of nitrogens with zero attached hydrogens (tertiary/aromatic N) is 1. The highest BCUT2D eigenvalue weighted by Gasteiger charge is 2.14. The van der Waals surface area contributed by atoms with E-state index in [0.29, 0.717) is 24.7 Å². The van der Waals surface area contributed by atoms with Crippen LogP contribution < -0.4 is 11.1 Å². The number of nitrogens with one attached hydrogen (secondary N) is 1. The van der Waals surface area contributed by atoms with Gasteiger partial charge in [-0.05, 0) is 43.4 Å². The van der Waals surface area contributed by atoms with Crippen molar-refractivity contribution >= 4 is 11.7 Å². The molecule has 0 saturated carbocycles. The standard InChI is InChI=1S/C14H23N3O/c1-10(2)7-12(9-15)8-13(18)17-14-11(3)5-4-6-16-14/h4-6,10,12H,7-9,15H2,1-3H3,(H,16,17,18)/t12-/m0/s1. The fourth-order valence-electron chi connectivity index (χ4n) is 1.99. The maximum atomic E-state index is 11.9. The zero-order chi connectivity index (χ0) is 13.5. The van der Waals surface area contributed by atoms with Gasteiger partial charge in [0.1, 0.15) is 5.82 Å². The van der Waals surface area contributed by atoms with Crippen molar-refractivity contribution in [3.05, 3.63) is 23.9 Å². The third-order valence-corrected chi connectivity index (χ3v) is 2.88. The van der Waals surface area contributed by atoms with Gasteiger partial charge in [0.2, 0.25) is 5.91 Å². The molecule has 4 nitrogen and oxygen atoms in total. The Labute approximate surface area is 109 Å². The van der Waals surface area contributed by atoms with Gasteiger partial charge in [-0.15, -0.1) is 0 Å². The topological polar surface area (TPSA) is 68.0 Å². The first kappa shape index (κ1) is 14.6. The van der Waals surface area contributed by atoms with E-state index in [-0.39, 0.29) is 11.8 Å². The molecular formula is C14H23N3O. The molecule has 1 amide bonds. The van der Waals surface area contributed by atoms with E-state index < -0.39 is 0 Å². The molecule has 1 rings (SSSR count). The van der Waals surface area contributed by atoms with Crippen LogP contribution in [0.25, 0.3) is 0 Å². The number of anilines is 1. The van der Waals surface area contributed by atoms with Crippen LogP contribution in [0.1, 0.15) is 32.3 Å². The summed E-state index contributed by atoms with van der Waals surface area (Å²) >= 11 is 0. The van der Waals surface area contributed by atoms with Crippen molar-refractivity contribution < 1.29 is 4.79 Å². The second-order valence-electron chi connectivity index (χ2n) is 5.15. The molecule has 0 aliphatic rings. The first-order valence-electron chi connectivity index (χ1n) is 6.44. The normalized spacial score (nSPS) is 12.5. The maximum absolute atomic E-state index is 11.9. The van der Waals surface area contributed by atoms with Gasteiger partial charge in [-0.2, -0.15) is 0 Å². The van der Waals surface area contributed by atoms with Crippen LogP contribution >= 0.6 is 0 Å². The Morgan fingerprint density at radius 2 is 2.22 bits per heavy atom. The number of hydrogen-bond acceptors (Lipinski definition) is 3. The van der Waals surface area contributed by atoms with E-state index in [9.17, 15) is 4.79 Å². The van der Waals surface area contributed by atoms with Crippen LogP contribution in [-0.2, 0) is 4.79 Å². The predicted octanol–water partition coefficient (Wildman–Crippen LogP) is 2.34. The summed E-state index contributed by atoms with van der Waals surface area (Å²) in [6.07, 6.45) is 3.12. The molecule has 0 unspecified atom stereocenters. The van der Waals surface area contributed by atoms with E-state index in [2.05, 4.69) is 24.1 Å². The quantitative estimate of drug-likeness (QED) is 0.813. The highest BCUT2D eigenvalue weighted by molar-refractivity contribution is 5.90. The van der Waals surface area contributed by atoms with E-state index in [1.165, 1.54) is 0 Å². The minimum Gasteiger partial charge on any atom is -0.330 e. The van der Waals surface area contributed by atoms with Crippen LogP contribution in [0.2, 0.25) is 0 Å². The molecule has 0 fully saturated rings. The van der Waals surface area contributed by atoms with Crippen LogP contribution in [0.4, 0.5) is 5.82 Å². The Morgan fingerprint density at radius 1 is 1.50 bits per heavy atom. The molecule has 0 aliphatic heterocycles. The average Bonchev–Trinajstić information content (AvgIpc) is 2.30.